The summed E-state index contributed by atoms with van der Waals surface area (Å²) in [6.07, 6.45) is 4.43. The summed E-state index contributed by atoms with van der Waals surface area (Å²) in [7, 11) is 6.27. The lowest BCUT2D eigenvalue weighted by atomic mass is 9.96. The zero-order chi connectivity index (χ0) is 21.0. The molecule has 0 bridgehead atoms. The molecule has 29 heavy (non-hydrogen) atoms. The standard InChI is InChI=1S/C22H26N2O5/c1-22(2)12-11-16-18(29-22)10-8-15(20(16)26-4)17(24-28-6)13-14-7-9-19(25-3)21(23-14)27-5/h7-12H,13H2,1-6H3/b24-17-. The highest BCUT2D eigenvalue weighted by Gasteiger charge is 2.26. The van der Waals surface area contributed by atoms with Crippen LogP contribution in [0.2, 0.25) is 0 Å². The molecule has 0 saturated heterocycles. The van der Waals surface area contributed by atoms with Gasteiger partial charge in [-0.1, -0.05) is 5.16 Å². The lowest BCUT2D eigenvalue weighted by molar-refractivity contribution is 0.158. The van der Waals surface area contributed by atoms with E-state index in [-0.39, 0.29) is 5.60 Å². The minimum Gasteiger partial charge on any atom is -0.495 e. The fourth-order valence-corrected chi connectivity index (χ4v) is 3.20. The number of nitrogens with zero attached hydrogens (tertiary/aromatic N) is 2. The molecule has 0 N–H and O–H groups in total. The molecule has 0 unspecified atom stereocenters. The molecule has 1 aliphatic heterocycles. The molecule has 2 heterocycles. The Hall–Kier alpha value is -3.22. The molecule has 3 rings (SSSR count). The second-order valence-corrected chi connectivity index (χ2v) is 7.01. The molecule has 0 spiro atoms. The number of pyridine rings is 1. The second kappa shape index (κ2) is 8.43. The first-order chi connectivity index (χ1) is 13.9. The predicted molar refractivity (Wildman–Crippen MR) is 111 cm³/mol. The van der Waals surface area contributed by atoms with Crippen LogP contribution in [0.4, 0.5) is 0 Å². The van der Waals surface area contributed by atoms with Crippen molar-refractivity contribution in [2.45, 2.75) is 25.9 Å². The highest BCUT2D eigenvalue weighted by Crippen LogP contribution is 2.39. The first kappa shape index (κ1) is 20.5. The minimum absolute atomic E-state index is 0.369. The molecule has 0 radical (unpaired) electrons. The molecule has 7 heteroatoms. The van der Waals surface area contributed by atoms with E-state index in [0.29, 0.717) is 29.5 Å². The molecule has 7 nitrogen and oxygen atoms in total. The van der Waals surface area contributed by atoms with Crippen molar-refractivity contribution in [1.29, 1.82) is 0 Å². The molecule has 1 aromatic heterocycles. The maximum Gasteiger partial charge on any atom is 0.256 e. The van der Waals surface area contributed by atoms with Crippen molar-refractivity contribution in [2.24, 2.45) is 5.16 Å². The maximum atomic E-state index is 6.05. The molecule has 154 valence electrons. The molecule has 1 aromatic carbocycles. The number of methoxy groups -OCH3 is 3. The van der Waals surface area contributed by atoms with E-state index in [9.17, 15) is 0 Å². The van der Waals surface area contributed by atoms with Crippen molar-refractivity contribution in [3.63, 3.8) is 0 Å². The number of oxime groups is 1. The van der Waals surface area contributed by atoms with Crippen molar-refractivity contribution >= 4 is 11.8 Å². The first-order valence-electron chi connectivity index (χ1n) is 9.20. The van der Waals surface area contributed by atoms with Crippen LogP contribution in [0.5, 0.6) is 23.1 Å². The summed E-state index contributed by atoms with van der Waals surface area (Å²) in [6.45, 7) is 4.01. The third-order valence-electron chi connectivity index (χ3n) is 4.54. The minimum atomic E-state index is -0.369. The van der Waals surface area contributed by atoms with E-state index in [0.717, 1.165) is 22.6 Å². The monoisotopic (exact) mass is 398 g/mol. The SMILES string of the molecule is CO/N=C(/Cc1ccc(OC)c(OC)n1)c1ccc2c(c1OC)C=CC(C)(C)O2. The molecular weight excluding hydrogens is 372 g/mol. The van der Waals surface area contributed by atoms with Gasteiger partial charge >= 0.3 is 0 Å². The van der Waals surface area contributed by atoms with E-state index in [1.54, 1.807) is 21.3 Å². The summed E-state index contributed by atoms with van der Waals surface area (Å²) in [5.41, 5.74) is 2.73. The first-order valence-corrected chi connectivity index (χ1v) is 9.20. The Morgan fingerprint density at radius 1 is 1.03 bits per heavy atom. The van der Waals surface area contributed by atoms with Crippen LogP contribution in [-0.4, -0.2) is 44.7 Å². The van der Waals surface area contributed by atoms with Crippen LogP contribution >= 0.6 is 0 Å². The fourth-order valence-electron chi connectivity index (χ4n) is 3.20. The maximum absolute atomic E-state index is 6.05. The van der Waals surface area contributed by atoms with Crippen LogP contribution in [0.3, 0.4) is 0 Å². The Morgan fingerprint density at radius 3 is 2.48 bits per heavy atom. The summed E-state index contributed by atoms with van der Waals surface area (Å²) in [4.78, 5) is 9.62. The Bertz CT molecular complexity index is 950. The fraction of sp³-hybridized carbons (Fsp3) is 0.364. The van der Waals surface area contributed by atoms with Gasteiger partial charge in [0.05, 0.1) is 38.3 Å². The zero-order valence-electron chi connectivity index (χ0n) is 17.6. The highest BCUT2D eigenvalue weighted by molar-refractivity contribution is 6.05. The molecule has 0 amide bonds. The highest BCUT2D eigenvalue weighted by atomic mass is 16.6. The van der Waals surface area contributed by atoms with E-state index in [1.807, 2.05) is 50.3 Å². The molecule has 0 atom stereocenters. The lowest BCUT2D eigenvalue weighted by Crippen LogP contribution is -2.27. The van der Waals surface area contributed by atoms with Gasteiger partial charge in [-0.15, -0.1) is 0 Å². The smallest absolute Gasteiger partial charge is 0.256 e. The summed E-state index contributed by atoms with van der Waals surface area (Å²) in [5, 5.41) is 4.23. The van der Waals surface area contributed by atoms with Gasteiger partial charge in [0.2, 0.25) is 0 Å². The van der Waals surface area contributed by atoms with Gasteiger partial charge in [-0.05, 0) is 50.3 Å². The molecule has 0 saturated carbocycles. The number of ether oxygens (including phenoxy) is 4. The summed E-state index contributed by atoms with van der Waals surface area (Å²) < 4.78 is 22.3. The average Bonchev–Trinajstić information content (AvgIpc) is 2.71. The van der Waals surface area contributed by atoms with Crippen LogP contribution in [0.25, 0.3) is 6.08 Å². The van der Waals surface area contributed by atoms with E-state index in [2.05, 4.69) is 10.1 Å². The van der Waals surface area contributed by atoms with E-state index >= 15 is 0 Å². The number of aromatic nitrogens is 1. The van der Waals surface area contributed by atoms with Gasteiger partial charge in [-0.2, -0.15) is 0 Å². The number of hydrogen-bond donors (Lipinski definition) is 0. The van der Waals surface area contributed by atoms with Crippen LogP contribution in [-0.2, 0) is 11.3 Å². The largest absolute Gasteiger partial charge is 0.495 e. The Balaban J connectivity index is 2.02. The number of benzene rings is 1. The van der Waals surface area contributed by atoms with Crippen LogP contribution in [0.15, 0.2) is 35.5 Å². The second-order valence-electron chi connectivity index (χ2n) is 7.01. The van der Waals surface area contributed by atoms with Crippen molar-refractivity contribution < 1.29 is 23.8 Å². The molecule has 2 aromatic rings. The Labute approximate surface area is 170 Å². The van der Waals surface area contributed by atoms with Crippen molar-refractivity contribution in [1.82, 2.24) is 4.98 Å². The molecular formula is C22H26N2O5. The van der Waals surface area contributed by atoms with Gasteiger partial charge in [0, 0.05) is 12.0 Å². The van der Waals surface area contributed by atoms with Crippen LogP contribution in [0, 0.1) is 0 Å². The van der Waals surface area contributed by atoms with E-state index in [1.165, 1.54) is 7.11 Å². The van der Waals surface area contributed by atoms with Gasteiger partial charge in [0.25, 0.3) is 5.88 Å². The van der Waals surface area contributed by atoms with Crippen molar-refractivity contribution in [2.75, 3.05) is 28.4 Å². The summed E-state index contributed by atoms with van der Waals surface area (Å²) in [6, 6.07) is 7.52. The van der Waals surface area contributed by atoms with E-state index in [4.69, 9.17) is 23.8 Å². The lowest BCUT2D eigenvalue weighted by Gasteiger charge is -2.29. The van der Waals surface area contributed by atoms with Crippen LogP contribution < -0.4 is 18.9 Å². The average molecular weight is 398 g/mol. The summed E-state index contributed by atoms with van der Waals surface area (Å²) in [5.74, 6) is 2.42. The van der Waals surface area contributed by atoms with Gasteiger partial charge in [-0.3, -0.25) is 0 Å². The molecule has 0 fully saturated rings. The quantitative estimate of drug-likeness (QED) is 0.521. The van der Waals surface area contributed by atoms with Gasteiger partial charge in [-0.25, -0.2) is 4.98 Å². The topological polar surface area (TPSA) is 71.4 Å². The van der Waals surface area contributed by atoms with Gasteiger partial charge in [0.15, 0.2) is 5.75 Å². The number of fused-ring (bicyclic) bond motifs is 1. The van der Waals surface area contributed by atoms with Crippen molar-refractivity contribution in [3.8, 4) is 23.1 Å². The van der Waals surface area contributed by atoms with Gasteiger partial charge < -0.3 is 23.8 Å². The molecule has 0 aliphatic carbocycles. The van der Waals surface area contributed by atoms with Crippen molar-refractivity contribution in [3.05, 3.63) is 47.2 Å². The van der Waals surface area contributed by atoms with Crippen LogP contribution in [0.1, 0.15) is 30.7 Å². The zero-order valence-corrected chi connectivity index (χ0v) is 17.6. The Kier molecular flexibility index (Phi) is 5.96. The Morgan fingerprint density at radius 2 is 1.83 bits per heavy atom. The third-order valence-corrected chi connectivity index (χ3v) is 4.54. The number of rotatable bonds is 7. The van der Waals surface area contributed by atoms with E-state index < -0.39 is 0 Å². The predicted octanol–water partition coefficient (Wildman–Crippen LogP) is 3.88. The molecule has 1 aliphatic rings. The third kappa shape index (κ3) is 4.29. The normalized spacial score (nSPS) is 14.6. The summed E-state index contributed by atoms with van der Waals surface area (Å²) >= 11 is 0. The number of hydrogen-bond acceptors (Lipinski definition) is 7. The van der Waals surface area contributed by atoms with Gasteiger partial charge in [0.1, 0.15) is 24.2 Å².